The average Bonchev–Trinajstić information content (AvgIpc) is 3.12. The lowest BCUT2D eigenvalue weighted by Gasteiger charge is -2.14. The van der Waals surface area contributed by atoms with Crippen molar-refractivity contribution in [3.8, 4) is 33.5 Å². The van der Waals surface area contributed by atoms with Gasteiger partial charge in [0.25, 0.3) is 0 Å². The van der Waals surface area contributed by atoms with Crippen molar-refractivity contribution in [2.24, 2.45) is 0 Å². The number of aryl methyl sites for hydroxylation is 4. The van der Waals surface area contributed by atoms with E-state index >= 15 is 0 Å². The van der Waals surface area contributed by atoms with Crippen molar-refractivity contribution >= 4 is 0 Å². The molecule has 0 fully saturated rings. The van der Waals surface area contributed by atoms with Crippen molar-refractivity contribution < 1.29 is 11.0 Å². The van der Waals surface area contributed by atoms with Crippen LogP contribution in [0.3, 0.4) is 0 Å². The molecule has 0 unspecified atom stereocenters. The SMILES string of the molecule is [2H]C([2H])(c1cccnc1)C([2H])([2H])c1cc(-c2ccccc2-c2ccc(-c3ccccc3)nc2)cc(C([2H])([2H])C([2H])([2H])c2cccnc2)c1. The number of hydrogen-bond acceptors (Lipinski definition) is 3. The molecule has 194 valence electrons. The molecule has 6 rings (SSSR count). The first-order valence-corrected chi connectivity index (χ1v) is 12.9. The second-order valence-electron chi connectivity index (χ2n) is 9.13. The average molecular weight is 526 g/mol. The third-order valence-corrected chi connectivity index (χ3v) is 6.34. The summed E-state index contributed by atoms with van der Waals surface area (Å²) in [6.45, 7) is 0. The van der Waals surface area contributed by atoms with E-state index in [2.05, 4.69) is 15.0 Å². The van der Waals surface area contributed by atoms with E-state index < -0.39 is 25.5 Å². The van der Waals surface area contributed by atoms with E-state index in [9.17, 15) is 0 Å². The lowest BCUT2D eigenvalue weighted by molar-refractivity contribution is 0.923. The molecule has 0 atom stereocenters. The van der Waals surface area contributed by atoms with Gasteiger partial charge in [0, 0.05) is 53.1 Å². The van der Waals surface area contributed by atoms with Crippen molar-refractivity contribution in [1.82, 2.24) is 15.0 Å². The molecule has 3 heteroatoms. The van der Waals surface area contributed by atoms with Crippen LogP contribution in [0.1, 0.15) is 33.2 Å². The van der Waals surface area contributed by atoms with Gasteiger partial charge >= 0.3 is 0 Å². The van der Waals surface area contributed by atoms with Gasteiger partial charge in [-0.2, -0.15) is 0 Å². The molecule has 0 aliphatic rings. The lowest BCUT2D eigenvalue weighted by atomic mass is 9.90. The Kier molecular flexibility index (Phi) is 5.43. The van der Waals surface area contributed by atoms with Gasteiger partial charge in [-0.05, 0) is 82.6 Å². The Bertz CT molecular complexity index is 1940. The Hall–Kier alpha value is -4.89. The third-order valence-electron chi connectivity index (χ3n) is 6.34. The van der Waals surface area contributed by atoms with Crippen molar-refractivity contribution in [3.63, 3.8) is 0 Å². The highest BCUT2D eigenvalue weighted by Crippen LogP contribution is 2.34. The Morgan fingerprint density at radius 2 is 1.02 bits per heavy atom. The predicted octanol–water partition coefficient (Wildman–Crippen LogP) is 8.44. The van der Waals surface area contributed by atoms with Gasteiger partial charge in [-0.15, -0.1) is 0 Å². The molecule has 0 saturated heterocycles. The second kappa shape index (κ2) is 12.3. The smallest absolute Gasteiger partial charge is 0.0702 e. The fourth-order valence-electron chi connectivity index (χ4n) is 4.41. The molecule has 0 spiro atoms. The Labute approximate surface area is 247 Å². The largest absolute Gasteiger partial charge is 0.264 e. The number of aromatic nitrogens is 3. The van der Waals surface area contributed by atoms with Crippen LogP contribution in [0, 0.1) is 0 Å². The van der Waals surface area contributed by atoms with Crippen LogP contribution in [-0.4, -0.2) is 15.0 Å². The molecule has 3 aromatic carbocycles. The summed E-state index contributed by atoms with van der Waals surface area (Å²) < 4.78 is 72.2. The summed E-state index contributed by atoms with van der Waals surface area (Å²) in [6, 6.07) is 31.2. The first-order valence-electron chi connectivity index (χ1n) is 16.9. The van der Waals surface area contributed by atoms with Gasteiger partial charge in [0.05, 0.1) is 5.69 Å². The summed E-state index contributed by atoms with van der Waals surface area (Å²) in [5.74, 6) is 0. The van der Waals surface area contributed by atoms with Crippen LogP contribution in [0.15, 0.2) is 140 Å². The molecule has 0 aliphatic heterocycles. The zero-order chi connectivity index (χ0) is 34.2. The van der Waals surface area contributed by atoms with Gasteiger partial charge < -0.3 is 0 Å². The maximum Gasteiger partial charge on any atom is 0.0702 e. The minimum absolute atomic E-state index is 0.0145. The first kappa shape index (κ1) is 17.6. The van der Waals surface area contributed by atoms with Gasteiger partial charge in [-0.1, -0.05) is 91.0 Å². The molecule has 0 radical (unpaired) electrons. The standard InChI is InChI=1S/C37H31N3/c1-2-10-32(11-3-1)37-19-18-33(27-40-37)35-12-4-5-13-36(35)34-23-30(16-14-28-8-6-20-38-25-28)22-31(24-34)17-15-29-9-7-21-39-26-29/h1-13,18-27H,14-17H2/i14D2,15D2,16D2,17D2. The number of hydrogen-bond donors (Lipinski definition) is 0. The fraction of sp³-hybridized carbons (Fsp3) is 0.108. The quantitative estimate of drug-likeness (QED) is 0.190. The molecular formula is C37H31N3. The summed E-state index contributed by atoms with van der Waals surface area (Å²) in [5.41, 5.74) is 3.99. The zero-order valence-electron chi connectivity index (χ0n) is 29.6. The summed E-state index contributed by atoms with van der Waals surface area (Å²) >= 11 is 0. The van der Waals surface area contributed by atoms with E-state index in [1.165, 1.54) is 67.3 Å². The van der Waals surface area contributed by atoms with Crippen molar-refractivity contribution in [2.75, 3.05) is 0 Å². The summed E-state index contributed by atoms with van der Waals surface area (Å²) in [6.07, 6.45) is -3.31. The highest BCUT2D eigenvalue weighted by atomic mass is 14.7. The molecule has 0 saturated carbocycles. The topological polar surface area (TPSA) is 38.7 Å². The van der Waals surface area contributed by atoms with E-state index in [0.29, 0.717) is 11.1 Å². The van der Waals surface area contributed by atoms with Crippen LogP contribution in [-0.2, 0) is 25.5 Å². The number of benzene rings is 3. The summed E-state index contributed by atoms with van der Waals surface area (Å²) in [7, 11) is 0. The maximum atomic E-state index is 9.14. The van der Waals surface area contributed by atoms with Gasteiger partial charge in [0.15, 0.2) is 0 Å². The lowest BCUT2D eigenvalue weighted by Crippen LogP contribution is -1.98. The van der Waals surface area contributed by atoms with Crippen LogP contribution in [0.4, 0.5) is 0 Å². The fourth-order valence-corrected chi connectivity index (χ4v) is 4.41. The van der Waals surface area contributed by atoms with Crippen LogP contribution < -0.4 is 0 Å². The van der Waals surface area contributed by atoms with Gasteiger partial charge in [-0.3, -0.25) is 15.0 Å². The zero-order valence-corrected chi connectivity index (χ0v) is 21.6. The summed E-state index contributed by atoms with van der Waals surface area (Å²) in [4.78, 5) is 12.7. The Morgan fingerprint density at radius 1 is 0.450 bits per heavy atom. The van der Waals surface area contributed by atoms with E-state index in [1.807, 2.05) is 66.7 Å². The van der Waals surface area contributed by atoms with Crippen LogP contribution in [0.25, 0.3) is 33.5 Å². The molecule has 3 heterocycles. The summed E-state index contributed by atoms with van der Waals surface area (Å²) in [5, 5.41) is 0. The number of pyridine rings is 3. The molecule has 6 aromatic rings. The van der Waals surface area contributed by atoms with Crippen molar-refractivity contribution in [3.05, 3.63) is 162 Å². The maximum absolute atomic E-state index is 9.14. The predicted molar refractivity (Wildman–Crippen MR) is 164 cm³/mol. The molecule has 0 aliphatic carbocycles. The molecule has 0 bridgehead atoms. The van der Waals surface area contributed by atoms with Crippen LogP contribution >= 0.6 is 0 Å². The van der Waals surface area contributed by atoms with E-state index in [-0.39, 0.29) is 22.3 Å². The van der Waals surface area contributed by atoms with Gasteiger partial charge in [-0.25, -0.2) is 0 Å². The molecule has 3 aromatic heterocycles. The van der Waals surface area contributed by atoms with E-state index in [1.54, 1.807) is 6.20 Å². The van der Waals surface area contributed by atoms with Crippen molar-refractivity contribution in [1.29, 1.82) is 0 Å². The second-order valence-corrected chi connectivity index (χ2v) is 9.13. The van der Waals surface area contributed by atoms with Crippen LogP contribution in [0.5, 0.6) is 0 Å². The first-order chi connectivity index (χ1) is 22.8. The molecule has 40 heavy (non-hydrogen) atoms. The monoisotopic (exact) mass is 525 g/mol. The minimum Gasteiger partial charge on any atom is -0.264 e. The molecule has 0 N–H and O–H groups in total. The normalized spacial score (nSPS) is 15.3. The molecular weight excluding hydrogens is 486 g/mol. The highest BCUT2D eigenvalue weighted by molar-refractivity contribution is 5.84. The molecule has 3 nitrogen and oxygen atoms in total. The van der Waals surface area contributed by atoms with Crippen LogP contribution in [0.2, 0.25) is 0 Å². The minimum atomic E-state index is -2.69. The van der Waals surface area contributed by atoms with Crippen molar-refractivity contribution in [2.45, 2.75) is 25.5 Å². The highest BCUT2D eigenvalue weighted by Gasteiger charge is 2.11. The number of rotatable bonds is 9. The number of nitrogens with zero attached hydrogens (tertiary/aromatic N) is 3. The van der Waals surface area contributed by atoms with E-state index in [4.69, 9.17) is 11.0 Å². The third kappa shape index (κ3) is 6.22. The van der Waals surface area contributed by atoms with E-state index in [0.717, 1.165) is 22.4 Å². The van der Waals surface area contributed by atoms with Gasteiger partial charge in [0.1, 0.15) is 0 Å². The Balaban J connectivity index is 1.54. The van der Waals surface area contributed by atoms with Gasteiger partial charge in [0.2, 0.25) is 0 Å². The Morgan fingerprint density at radius 3 is 1.57 bits per heavy atom. The molecule has 0 amide bonds.